The van der Waals surface area contributed by atoms with Gasteiger partial charge in [0.1, 0.15) is 0 Å². The molecular formula is C27H40O3Si. The van der Waals surface area contributed by atoms with Crippen molar-refractivity contribution in [1.29, 1.82) is 0 Å². The van der Waals surface area contributed by atoms with Crippen molar-refractivity contribution >= 4 is 18.7 Å². The van der Waals surface area contributed by atoms with E-state index in [2.05, 4.69) is 95.3 Å². The number of aliphatic hydroxyl groups is 2. The summed E-state index contributed by atoms with van der Waals surface area (Å²) in [6, 6.07) is 21.5. The predicted octanol–water partition coefficient (Wildman–Crippen LogP) is 4.50. The summed E-state index contributed by atoms with van der Waals surface area (Å²) in [7, 11) is -2.60. The average Bonchev–Trinajstić information content (AvgIpc) is 2.73. The number of hydrogen-bond acceptors (Lipinski definition) is 3. The highest BCUT2D eigenvalue weighted by Gasteiger charge is 2.52. The molecule has 3 rings (SSSR count). The number of rotatable bonds is 7. The van der Waals surface area contributed by atoms with Crippen molar-refractivity contribution in [3.63, 3.8) is 0 Å². The molecule has 0 heterocycles. The Hall–Kier alpha value is -1.46. The van der Waals surface area contributed by atoms with Crippen molar-refractivity contribution in [2.75, 3.05) is 6.61 Å². The lowest BCUT2D eigenvalue weighted by Crippen LogP contribution is -2.68. The van der Waals surface area contributed by atoms with E-state index in [0.717, 1.165) is 19.3 Å². The topological polar surface area (TPSA) is 49.7 Å². The van der Waals surface area contributed by atoms with Crippen molar-refractivity contribution < 1.29 is 14.6 Å². The molecular weight excluding hydrogens is 400 g/mol. The van der Waals surface area contributed by atoms with Crippen LogP contribution in [0.4, 0.5) is 0 Å². The molecule has 0 aromatic heterocycles. The highest BCUT2D eigenvalue weighted by atomic mass is 28.4. The first-order chi connectivity index (χ1) is 14.6. The summed E-state index contributed by atoms with van der Waals surface area (Å²) in [6.45, 7) is 11.4. The lowest BCUT2D eigenvalue weighted by Gasteiger charge is -2.49. The molecule has 0 saturated heterocycles. The van der Waals surface area contributed by atoms with Crippen LogP contribution in [-0.4, -0.2) is 37.3 Å². The number of hydrogen-bond donors (Lipinski definition) is 2. The van der Waals surface area contributed by atoms with E-state index in [0.29, 0.717) is 6.42 Å². The van der Waals surface area contributed by atoms with Crippen LogP contribution >= 0.6 is 0 Å². The lowest BCUT2D eigenvalue weighted by atomic mass is 9.67. The molecule has 4 heteroatoms. The van der Waals surface area contributed by atoms with Crippen LogP contribution in [-0.2, 0) is 4.43 Å². The van der Waals surface area contributed by atoms with Gasteiger partial charge in [-0.2, -0.15) is 0 Å². The van der Waals surface area contributed by atoms with Gasteiger partial charge in [-0.1, -0.05) is 95.3 Å². The summed E-state index contributed by atoms with van der Waals surface area (Å²) >= 11 is 0. The SMILES string of the molecule is CC(C)(CCO)[C@@H]1C[C@H](O[Si](c2ccccc2)(c2ccccc2)C(C)(C)C)CCC1O. The Labute approximate surface area is 189 Å². The number of benzene rings is 2. The molecule has 0 spiro atoms. The third kappa shape index (κ3) is 4.98. The van der Waals surface area contributed by atoms with Crippen molar-refractivity contribution in [2.45, 2.75) is 77.5 Å². The lowest BCUT2D eigenvalue weighted by molar-refractivity contribution is -0.0443. The molecule has 3 atom stereocenters. The van der Waals surface area contributed by atoms with E-state index in [1.165, 1.54) is 10.4 Å². The van der Waals surface area contributed by atoms with E-state index in [1.54, 1.807) is 0 Å². The van der Waals surface area contributed by atoms with Crippen LogP contribution in [0.5, 0.6) is 0 Å². The third-order valence-electron chi connectivity index (χ3n) is 7.29. The van der Waals surface area contributed by atoms with Crippen molar-refractivity contribution in [2.24, 2.45) is 11.3 Å². The smallest absolute Gasteiger partial charge is 0.261 e. The Bertz CT molecular complexity index is 774. The Morgan fingerprint density at radius 1 is 0.871 bits per heavy atom. The molecule has 1 aliphatic rings. The molecule has 1 fully saturated rings. The van der Waals surface area contributed by atoms with Crippen LogP contribution in [0.3, 0.4) is 0 Å². The minimum atomic E-state index is -2.60. The van der Waals surface area contributed by atoms with Crippen LogP contribution in [0.15, 0.2) is 60.7 Å². The second-order valence-electron chi connectivity index (χ2n) is 10.9. The highest BCUT2D eigenvalue weighted by Crippen LogP contribution is 2.44. The summed E-state index contributed by atoms with van der Waals surface area (Å²) in [5.74, 6) is 0.122. The Morgan fingerprint density at radius 2 is 1.39 bits per heavy atom. The fraction of sp³-hybridized carbons (Fsp3) is 0.556. The third-order valence-corrected chi connectivity index (χ3v) is 12.4. The fourth-order valence-corrected chi connectivity index (χ4v) is 10.2. The second-order valence-corrected chi connectivity index (χ2v) is 15.1. The van der Waals surface area contributed by atoms with Gasteiger partial charge in [-0.05, 0) is 52.4 Å². The molecule has 1 unspecified atom stereocenters. The highest BCUT2D eigenvalue weighted by molar-refractivity contribution is 6.99. The molecule has 2 aromatic carbocycles. The standard InChI is InChI=1S/C27H40O3Si/c1-26(2,3)31(22-12-8-6-9-13-22,23-14-10-7-11-15-23)30-21-16-17-25(29)24(20-21)27(4,5)18-19-28/h6-15,21,24-25,28-29H,16-20H2,1-5H3/t21-,24-,25?/m1/s1. The molecule has 3 nitrogen and oxygen atoms in total. The van der Waals surface area contributed by atoms with Gasteiger partial charge in [0, 0.05) is 12.7 Å². The molecule has 0 aliphatic heterocycles. The van der Waals surface area contributed by atoms with Gasteiger partial charge in [0.05, 0.1) is 6.10 Å². The van der Waals surface area contributed by atoms with Crippen LogP contribution in [0.2, 0.25) is 5.04 Å². The molecule has 2 N–H and O–H groups in total. The zero-order chi connectivity index (χ0) is 22.7. The van der Waals surface area contributed by atoms with Crippen molar-refractivity contribution in [3.8, 4) is 0 Å². The molecule has 1 saturated carbocycles. The summed E-state index contributed by atoms with van der Waals surface area (Å²) in [4.78, 5) is 0. The molecule has 0 radical (unpaired) electrons. The molecule has 0 amide bonds. The van der Waals surface area contributed by atoms with Crippen molar-refractivity contribution in [3.05, 3.63) is 60.7 Å². The second kappa shape index (κ2) is 9.58. The fourth-order valence-electron chi connectivity index (χ4n) is 5.48. The normalized spacial score (nSPS) is 23.0. The summed E-state index contributed by atoms with van der Waals surface area (Å²) in [6.07, 6.45) is 2.91. The van der Waals surface area contributed by atoms with Gasteiger partial charge < -0.3 is 14.6 Å². The molecule has 170 valence electrons. The zero-order valence-corrected chi connectivity index (χ0v) is 20.8. The maximum Gasteiger partial charge on any atom is 0.261 e. The first-order valence-electron chi connectivity index (χ1n) is 11.7. The maximum absolute atomic E-state index is 10.8. The molecule has 0 bridgehead atoms. The van der Waals surface area contributed by atoms with E-state index in [9.17, 15) is 10.2 Å². The van der Waals surface area contributed by atoms with E-state index >= 15 is 0 Å². The summed E-state index contributed by atoms with van der Waals surface area (Å²) in [5, 5.41) is 22.9. The van der Waals surface area contributed by atoms with Gasteiger partial charge in [-0.15, -0.1) is 0 Å². The van der Waals surface area contributed by atoms with E-state index in [1.807, 2.05) is 0 Å². The molecule has 31 heavy (non-hydrogen) atoms. The minimum Gasteiger partial charge on any atom is -0.404 e. The van der Waals surface area contributed by atoms with Gasteiger partial charge in [-0.25, -0.2) is 0 Å². The summed E-state index contributed by atoms with van der Waals surface area (Å²) < 4.78 is 7.33. The first kappa shape index (κ1) is 24.2. The minimum absolute atomic E-state index is 0.0537. The Balaban J connectivity index is 2.03. The monoisotopic (exact) mass is 440 g/mol. The van der Waals surface area contributed by atoms with Gasteiger partial charge in [0.2, 0.25) is 0 Å². The molecule has 1 aliphatic carbocycles. The van der Waals surface area contributed by atoms with E-state index in [4.69, 9.17) is 4.43 Å². The largest absolute Gasteiger partial charge is 0.404 e. The summed E-state index contributed by atoms with van der Waals surface area (Å²) in [5.41, 5.74) is -0.123. The Morgan fingerprint density at radius 3 is 1.84 bits per heavy atom. The van der Waals surface area contributed by atoms with E-state index in [-0.39, 0.29) is 35.2 Å². The first-order valence-corrected chi connectivity index (χ1v) is 13.6. The van der Waals surface area contributed by atoms with Gasteiger partial charge >= 0.3 is 0 Å². The average molecular weight is 441 g/mol. The van der Waals surface area contributed by atoms with Gasteiger partial charge in [-0.3, -0.25) is 0 Å². The van der Waals surface area contributed by atoms with E-state index < -0.39 is 8.32 Å². The number of aliphatic hydroxyl groups excluding tert-OH is 2. The van der Waals surface area contributed by atoms with Crippen LogP contribution in [0.25, 0.3) is 0 Å². The maximum atomic E-state index is 10.8. The molecule has 2 aromatic rings. The Kier molecular flexibility index (Phi) is 7.47. The van der Waals surface area contributed by atoms with Crippen LogP contribution < -0.4 is 10.4 Å². The predicted molar refractivity (Wildman–Crippen MR) is 131 cm³/mol. The van der Waals surface area contributed by atoms with Crippen molar-refractivity contribution in [1.82, 2.24) is 0 Å². The van der Waals surface area contributed by atoms with Gasteiger partial charge in [0.25, 0.3) is 8.32 Å². The quantitative estimate of drug-likeness (QED) is 0.623. The van der Waals surface area contributed by atoms with Crippen LogP contribution in [0.1, 0.15) is 60.3 Å². The zero-order valence-electron chi connectivity index (χ0n) is 19.8. The van der Waals surface area contributed by atoms with Gasteiger partial charge in [0.15, 0.2) is 0 Å². The van der Waals surface area contributed by atoms with Crippen LogP contribution in [0, 0.1) is 11.3 Å².